The van der Waals surface area contributed by atoms with Crippen molar-refractivity contribution in [3.8, 4) is 0 Å². The van der Waals surface area contributed by atoms with Gasteiger partial charge in [0.05, 0.1) is 0 Å². The monoisotopic (exact) mass is 190 g/mol. The molecule has 0 aliphatic rings. The molecule has 0 saturated heterocycles. The van der Waals surface area contributed by atoms with Crippen LogP contribution in [0.2, 0.25) is 0 Å². The number of hydrogen-bond acceptors (Lipinski definition) is 4. The molecule has 0 aromatic rings. The Labute approximate surface area is 79.8 Å². The zero-order valence-electron chi connectivity index (χ0n) is 4.17. The fourth-order valence-corrected chi connectivity index (χ4v) is 0. The van der Waals surface area contributed by atoms with Gasteiger partial charge in [0.1, 0.15) is 7.82 Å². The van der Waals surface area contributed by atoms with Crippen LogP contribution in [-0.4, -0.2) is 48.7 Å². The van der Waals surface area contributed by atoms with E-state index in [1.807, 2.05) is 4.73 Å². The molecule has 0 aliphatic carbocycles. The molecule has 0 amide bonds. The van der Waals surface area contributed by atoms with E-state index in [-0.39, 0.29) is 48.7 Å². The van der Waals surface area contributed by atoms with E-state index in [2.05, 4.69) is 0 Å². The molecule has 0 atom stereocenters. The predicted octanol–water partition coefficient (Wildman–Crippen LogP) is -3.31. The fourth-order valence-electron chi connectivity index (χ4n) is 0. The number of halogens is 1. The van der Waals surface area contributed by atoms with Crippen LogP contribution in [0.15, 0.2) is 0 Å². The molecule has 0 rings (SSSR count). The van der Waals surface area contributed by atoms with E-state index in [1.54, 1.807) is 0 Å². The van der Waals surface area contributed by atoms with Crippen molar-refractivity contribution in [3.05, 3.63) is 0 Å². The van der Waals surface area contributed by atoms with Crippen LogP contribution in [0.4, 0.5) is 4.53 Å². The van der Waals surface area contributed by atoms with Gasteiger partial charge in [0.15, 0.2) is 0 Å². The van der Waals surface area contributed by atoms with Gasteiger partial charge in [-0.05, 0) is 4.53 Å². The maximum atomic E-state index is 10.1. The second kappa shape index (κ2) is 9.22. The van der Waals surface area contributed by atoms with E-state index in [1.165, 1.54) is 0 Å². The van der Waals surface area contributed by atoms with Crippen molar-refractivity contribution in [2.45, 2.75) is 0 Å². The average molecular weight is 190 g/mol. The van der Waals surface area contributed by atoms with Crippen molar-refractivity contribution in [3.63, 3.8) is 0 Å². The van der Waals surface area contributed by atoms with Gasteiger partial charge in [-0.2, -0.15) is 4.73 Å². The summed E-state index contributed by atoms with van der Waals surface area (Å²) in [5, 5.41) is 0. The molecule has 0 heterocycles. The van der Waals surface area contributed by atoms with Crippen molar-refractivity contribution < 1.29 is 34.6 Å². The third-order valence-corrected chi connectivity index (χ3v) is 0.254. The van der Waals surface area contributed by atoms with Gasteiger partial charge in [0, 0.05) is 0 Å². The Morgan fingerprint density at radius 2 is 1.44 bits per heavy atom. The molecular formula is H4CaFO6P. The standard InChI is InChI=1S/Ca.FH2O4P.2H2O/c;1-5-6(2,3)4;;/h;(H2,2,3,4);2*1H2/q+2;;;/p-2. The van der Waals surface area contributed by atoms with Crippen LogP contribution in [0.25, 0.3) is 0 Å². The van der Waals surface area contributed by atoms with Crippen LogP contribution in [0.3, 0.4) is 0 Å². The van der Waals surface area contributed by atoms with Gasteiger partial charge in [0.2, 0.25) is 0 Å². The Kier molecular flexibility index (Phi) is 23.0. The normalized spacial score (nSPS) is 7.89. The Balaban J connectivity index is -0.0000000417. The summed E-state index contributed by atoms with van der Waals surface area (Å²) in [4.78, 5) is 17.8. The molecule has 54 valence electrons. The first-order valence-corrected chi connectivity index (χ1v) is 2.35. The summed E-state index contributed by atoms with van der Waals surface area (Å²) >= 11 is 0. The molecule has 0 fully saturated rings. The predicted molar refractivity (Wildman–Crippen MR) is 22.8 cm³/mol. The molecule has 9 heavy (non-hydrogen) atoms. The van der Waals surface area contributed by atoms with Gasteiger partial charge >= 0.3 is 37.7 Å². The molecular weight excluding hydrogens is 186 g/mol. The molecule has 0 aliphatic heterocycles. The van der Waals surface area contributed by atoms with Gasteiger partial charge in [0.25, 0.3) is 0 Å². The van der Waals surface area contributed by atoms with Crippen LogP contribution in [0.5, 0.6) is 0 Å². The van der Waals surface area contributed by atoms with Crippen LogP contribution in [-0.2, 0) is 9.29 Å². The first-order valence-electron chi connectivity index (χ1n) is 0.885. The molecule has 0 radical (unpaired) electrons. The largest absolute Gasteiger partial charge is 2.00 e. The maximum Gasteiger partial charge on any atom is 2.00 e. The molecule has 6 nitrogen and oxygen atoms in total. The van der Waals surface area contributed by atoms with Crippen LogP contribution in [0, 0.1) is 0 Å². The summed E-state index contributed by atoms with van der Waals surface area (Å²) < 4.78 is 20.9. The SMILES string of the molecule is O.O.O=P([O-])([O-])OF.[Ca+2]. The van der Waals surface area contributed by atoms with Gasteiger partial charge in [-0.3, -0.25) is 0 Å². The number of phosphoric acid groups is 1. The van der Waals surface area contributed by atoms with E-state index in [4.69, 9.17) is 14.4 Å². The Morgan fingerprint density at radius 3 is 1.44 bits per heavy atom. The quantitative estimate of drug-likeness (QED) is 0.315. The summed E-state index contributed by atoms with van der Waals surface area (Å²) in [5.41, 5.74) is 0. The molecule has 0 aromatic heterocycles. The van der Waals surface area contributed by atoms with E-state index in [0.717, 1.165) is 0 Å². The number of rotatable bonds is 1. The minimum Gasteiger partial charge on any atom is -0.787 e. The summed E-state index contributed by atoms with van der Waals surface area (Å²) in [6.45, 7) is 0. The topological polar surface area (TPSA) is 135 Å². The second-order valence-electron chi connectivity index (χ2n) is 0.516. The summed E-state index contributed by atoms with van der Waals surface area (Å²) in [6.07, 6.45) is 0. The molecule has 0 aromatic carbocycles. The van der Waals surface area contributed by atoms with Gasteiger partial charge < -0.3 is 25.3 Å². The number of hydrogen-bond donors (Lipinski definition) is 0. The Bertz CT molecular complexity index is 77.1. The third-order valence-electron chi connectivity index (χ3n) is 0.0845. The van der Waals surface area contributed by atoms with E-state index < -0.39 is 7.82 Å². The van der Waals surface area contributed by atoms with Crippen LogP contribution < -0.4 is 9.79 Å². The van der Waals surface area contributed by atoms with Crippen molar-refractivity contribution >= 4 is 45.6 Å². The van der Waals surface area contributed by atoms with E-state index in [0.29, 0.717) is 0 Å². The van der Waals surface area contributed by atoms with Gasteiger partial charge in [-0.15, -0.1) is 0 Å². The first-order chi connectivity index (χ1) is 2.56. The molecule has 0 saturated carbocycles. The summed E-state index contributed by atoms with van der Waals surface area (Å²) in [7, 11) is -5.31. The maximum absolute atomic E-state index is 10.1. The van der Waals surface area contributed by atoms with Gasteiger partial charge in [-0.25, -0.2) is 0 Å². The van der Waals surface area contributed by atoms with Crippen molar-refractivity contribution in [1.29, 1.82) is 0 Å². The smallest absolute Gasteiger partial charge is 0.787 e. The third kappa shape index (κ3) is 27.0. The second-order valence-corrected chi connectivity index (χ2v) is 1.55. The van der Waals surface area contributed by atoms with Crippen molar-refractivity contribution in [1.82, 2.24) is 0 Å². The molecule has 4 N–H and O–H groups in total. The zero-order chi connectivity index (χ0) is 5.21. The summed E-state index contributed by atoms with van der Waals surface area (Å²) in [5.74, 6) is 0. The fraction of sp³-hybridized carbons (Fsp3) is 0. The van der Waals surface area contributed by atoms with Crippen LogP contribution in [0.1, 0.15) is 0 Å². The Morgan fingerprint density at radius 1 is 1.33 bits per heavy atom. The summed E-state index contributed by atoms with van der Waals surface area (Å²) in [6, 6.07) is 0. The van der Waals surface area contributed by atoms with Gasteiger partial charge in [-0.1, -0.05) is 0 Å². The first kappa shape index (κ1) is 22.5. The van der Waals surface area contributed by atoms with Crippen molar-refractivity contribution in [2.75, 3.05) is 0 Å². The molecule has 0 bridgehead atoms. The van der Waals surface area contributed by atoms with Crippen molar-refractivity contribution in [2.24, 2.45) is 0 Å². The molecule has 0 unspecified atom stereocenters. The van der Waals surface area contributed by atoms with E-state index in [9.17, 15) is 4.53 Å². The average Bonchev–Trinajstić information content (AvgIpc) is 1.35. The van der Waals surface area contributed by atoms with Crippen LogP contribution >= 0.6 is 7.82 Å². The minimum absolute atomic E-state index is 0. The minimum atomic E-state index is -5.31. The van der Waals surface area contributed by atoms with E-state index >= 15 is 0 Å². The Hall–Kier alpha value is 1.22. The molecule has 9 heteroatoms. The molecule has 0 spiro atoms. The zero-order valence-corrected chi connectivity index (χ0v) is 7.27.